The second kappa shape index (κ2) is 44.5. The Morgan fingerprint density at radius 2 is 1.15 bits per heavy atom. The summed E-state index contributed by atoms with van der Waals surface area (Å²) < 4.78 is 11.1. The molecule has 6 aromatic carbocycles. The molecule has 19 heteroatoms. The number of halogens is 7. The summed E-state index contributed by atoms with van der Waals surface area (Å²) in [5, 5.41) is 5.87. The maximum absolute atomic E-state index is 11.9. The van der Waals surface area contributed by atoms with Gasteiger partial charge in [-0.3, -0.25) is 9.78 Å². The summed E-state index contributed by atoms with van der Waals surface area (Å²) in [6.07, 6.45) is 10.2. The Kier molecular flexibility index (Phi) is 39.0. The van der Waals surface area contributed by atoms with E-state index in [1.165, 1.54) is 62.6 Å². The molecule has 0 unspecified atom stereocenters. The van der Waals surface area contributed by atoms with Crippen molar-refractivity contribution in [1.29, 1.82) is 0 Å². The van der Waals surface area contributed by atoms with E-state index < -0.39 is 0 Å². The van der Waals surface area contributed by atoms with Crippen LogP contribution < -0.4 is 21.8 Å². The number of thioether (sulfide) groups is 3. The predicted molar refractivity (Wildman–Crippen MR) is 472 cm³/mol. The molecule has 0 amide bonds. The topological polar surface area (TPSA) is 113 Å². The highest BCUT2D eigenvalue weighted by Gasteiger charge is 2.20. The third-order valence-corrected chi connectivity index (χ3v) is 22.9. The van der Waals surface area contributed by atoms with Crippen molar-refractivity contribution in [2.24, 2.45) is 13.0 Å². The number of nitrogens with two attached hydrogens (primary N) is 2. The number of anilines is 2. The smallest absolute Gasteiger partial charge is 0.251 e. The Labute approximate surface area is 679 Å². The third kappa shape index (κ3) is 30.0. The van der Waals surface area contributed by atoms with Gasteiger partial charge in [0.2, 0.25) is 0 Å². The maximum Gasteiger partial charge on any atom is 0.251 e. The largest absolute Gasteiger partial charge is 0.489 e. The summed E-state index contributed by atoms with van der Waals surface area (Å²) in [6, 6.07) is 49.4. The lowest BCUT2D eigenvalue weighted by Gasteiger charge is -2.23. The number of hydrogen-bond acceptors (Lipinski definition) is 10. The highest BCUT2D eigenvalue weighted by Crippen LogP contribution is 2.40. The number of nitrogens with zero attached hydrogens (tertiary/aromatic N) is 4. The van der Waals surface area contributed by atoms with Gasteiger partial charge in [0.1, 0.15) is 10.8 Å². The van der Waals surface area contributed by atoms with Crippen LogP contribution in [0.25, 0.3) is 26.6 Å². The average Bonchev–Trinajstić information content (AvgIpc) is 1.59. The molecule has 5 heterocycles. The molecular weight excluding hydrogens is 1530 g/mol. The second-order valence-electron chi connectivity index (χ2n) is 28.8. The maximum atomic E-state index is 11.9. The first-order valence-corrected chi connectivity index (χ1v) is 41.2. The highest BCUT2D eigenvalue weighted by atomic mass is 35.5. The molecule has 8 nitrogen and oxygen atoms in total. The lowest BCUT2D eigenvalue weighted by molar-refractivity contribution is 0.242. The van der Waals surface area contributed by atoms with E-state index in [-0.39, 0.29) is 23.8 Å². The van der Waals surface area contributed by atoms with Crippen molar-refractivity contribution >= 4 is 166 Å². The molecule has 0 aliphatic heterocycles. The van der Waals surface area contributed by atoms with E-state index in [0.717, 1.165) is 44.4 Å². The predicted octanol–water partition coefficient (Wildman–Crippen LogP) is 29.5. The molecule has 1 aliphatic rings. The van der Waals surface area contributed by atoms with E-state index in [2.05, 4.69) is 192 Å². The van der Waals surface area contributed by atoms with Crippen LogP contribution >= 0.6 is 128 Å². The molecule has 4 N–H and O–H groups in total. The van der Waals surface area contributed by atoms with Gasteiger partial charge in [0.05, 0.1) is 68.9 Å². The molecule has 12 rings (SSSR count). The lowest BCUT2D eigenvalue weighted by Crippen LogP contribution is -2.17. The summed E-state index contributed by atoms with van der Waals surface area (Å²) >= 11 is 48.7. The van der Waals surface area contributed by atoms with Crippen molar-refractivity contribution in [3.8, 4) is 5.75 Å². The van der Waals surface area contributed by atoms with Crippen LogP contribution in [0.5, 0.6) is 5.75 Å². The highest BCUT2D eigenvalue weighted by molar-refractivity contribution is 8.01. The number of benzene rings is 6. The molecule has 11 aromatic rings. The Morgan fingerprint density at radius 1 is 0.562 bits per heavy atom. The van der Waals surface area contributed by atoms with Gasteiger partial charge < -0.3 is 25.2 Å². The SMILES string of the molecule is C.CC(C)(C)Sc1ccnc2c1CCCC2.CC(C)Cc1cccc(Cl)c1Cl.CC(C)Oc1cccc(Cl)c1Cl.CC(C)Sc1cccc2ncsc12.CC(C)c1ccc(N)c(Cl)c1Cl.CC(C)c1ccc2ccccn12.CC(C)c1cccc(N)c1Cl.Cn1c(=O)cc(SC(C)(C)C)c2ccccc21. The molecule has 0 saturated heterocycles. The van der Waals surface area contributed by atoms with Crippen molar-refractivity contribution in [3.63, 3.8) is 0 Å². The van der Waals surface area contributed by atoms with Crippen molar-refractivity contribution in [2.45, 2.75) is 217 Å². The Morgan fingerprint density at radius 3 is 1.77 bits per heavy atom. The average molecular weight is 1640 g/mol. The zero-order valence-electron chi connectivity index (χ0n) is 63.7. The molecular formula is C86H109Cl7N6O2S4. The van der Waals surface area contributed by atoms with E-state index in [0.29, 0.717) is 86.0 Å². The Balaban J connectivity index is 0.000000255. The summed E-state index contributed by atoms with van der Waals surface area (Å²) in [5.41, 5.74) is 25.3. The van der Waals surface area contributed by atoms with E-state index in [1.807, 2.05) is 123 Å². The van der Waals surface area contributed by atoms with Crippen LogP contribution in [0.2, 0.25) is 35.2 Å². The lowest BCUT2D eigenvalue weighted by atomic mass is 9.96. The number of rotatable bonds is 11. The molecule has 0 spiro atoms. The number of aryl methyl sites for hydroxylation is 2. The minimum absolute atomic E-state index is 0. The van der Waals surface area contributed by atoms with E-state index in [1.54, 1.807) is 51.9 Å². The van der Waals surface area contributed by atoms with Gasteiger partial charge in [-0.1, -0.05) is 266 Å². The monoisotopic (exact) mass is 1630 g/mol. The molecule has 0 atom stereocenters. The van der Waals surface area contributed by atoms with Gasteiger partial charge in [-0.15, -0.1) is 46.6 Å². The number of pyridine rings is 3. The quantitative estimate of drug-likeness (QED) is 0.0965. The van der Waals surface area contributed by atoms with Crippen molar-refractivity contribution < 1.29 is 4.74 Å². The molecule has 1 aliphatic carbocycles. The van der Waals surface area contributed by atoms with Gasteiger partial charge in [-0.25, -0.2) is 4.98 Å². The molecule has 0 radical (unpaired) electrons. The second-order valence-corrected chi connectivity index (χ2v) is 37.7. The zero-order valence-corrected chi connectivity index (χ0v) is 72.3. The molecule has 105 heavy (non-hydrogen) atoms. The number of fused-ring (bicyclic) bond motifs is 4. The van der Waals surface area contributed by atoms with Crippen LogP contribution in [0, 0.1) is 5.92 Å². The summed E-state index contributed by atoms with van der Waals surface area (Å²) in [7, 11) is 1.82. The molecule has 5 aromatic heterocycles. The number of aromatic nitrogens is 4. The first-order valence-electron chi connectivity index (χ1n) is 35.2. The fourth-order valence-corrected chi connectivity index (χ4v) is 16.3. The summed E-state index contributed by atoms with van der Waals surface area (Å²) in [5.74, 6) is 2.65. The van der Waals surface area contributed by atoms with Crippen LogP contribution in [0.15, 0.2) is 189 Å². The van der Waals surface area contributed by atoms with Gasteiger partial charge in [0.25, 0.3) is 5.56 Å². The fraction of sp³-hybridized carbons (Fsp3) is 0.384. The van der Waals surface area contributed by atoms with Gasteiger partial charge in [0, 0.05) is 77.2 Å². The van der Waals surface area contributed by atoms with Crippen LogP contribution in [0.1, 0.15) is 196 Å². The standard InChI is InChI=1S/C14H17NOS.C13H19NS.C11H13N.C10H12Cl2.C10H11NS2.C9H11Cl2N.C9H10Cl2O.C9H12ClN.CH4/c1-14(2,3)17-12-9-13(16)15(4)11-8-6-5-7-10(11)12;1-13(2,3)15-12-8-9-14-11-7-5-4-6-10(11)12;1-9(2)11-7-6-10-5-3-4-8-12(10)11;1-7(2)6-8-4-3-5-9(11)10(8)12;1-7(2)13-9-5-3-4-8-10(9)12-6-11-8;1-5(2)6-3-4-7(12)9(11)8(6)10;1-6(2)12-8-5-3-4-7(10)9(8)11;1-6(2)7-4-3-5-8(11)9(7)10;/h5-9H,1-4H3;8-9H,4-7H2,1-3H3;3-9H,1-2H3;3-5,7H,6H2,1-2H3;3-7H,1-2H3;3-5H,12H2,1-2H3;3-6H,1-2H3;3-6H,11H2,1-2H3;1H4. The van der Waals surface area contributed by atoms with Gasteiger partial charge in [-0.2, -0.15) is 0 Å². The Hall–Kier alpha value is -5.19. The number of para-hydroxylation sites is 1. The number of ether oxygens (including phenoxy) is 1. The molecule has 0 bridgehead atoms. The van der Waals surface area contributed by atoms with Crippen LogP contribution in [0.4, 0.5) is 11.4 Å². The fourth-order valence-electron chi connectivity index (χ4n) is 10.6. The molecule has 568 valence electrons. The van der Waals surface area contributed by atoms with Gasteiger partial charge >= 0.3 is 0 Å². The van der Waals surface area contributed by atoms with Gasteiger partial charge in [0.15, 0.2) is 0 Å². The third-order valence-electron chi connectivity index (χ3n) is 15.4. The van der Waals surface area contributed by atoms with Crippen molar-refractivity contribution in [3.05, 3.63) is 249 Å². The van der Waals surface area contributed by atoms with Crippen molar-refractivity contribution in [2.75, 3.05) is 11.5 Å². The zero-order chi connectivity index (χ0) is 77.3. The normalized spacial score (nSPS) is 11.7. The van der Waals surface area contributed by atoms with Crippen LogP contribution in [-0.2, 0) is 26.3 Å². The number of hydrogen-bond donors (Lipinski definition) is 2. The van der Waals surface area contributed by atoms with Crippen LogP contribution in [0.3, 0.4) is 0 Å². The van der Waals surface area contributed by atoms with E-state index in [9.17, 15) is 4.79 Å². The van der Waals surface area contributed by atoms with Crippen molar-refractivity contribution in [1.82, 2.24) is 18.9 Å². The minimum atomic E-state index is 0. The van der Waals surface area contributed by atoms with E-state index in [4.69, 9.17) is 97.4 Å². The first kappa shape index (κ1) is 92.2. The van der Waals surface area contributed by atoms with Crippen LogP contribution in [-0.4, -0.2) is 39.8 Å². The van der Waals surface area contributed by atoms with Gasteiger partial charge in [-0.05, 0) is 171 Å². The number of thiazole rings is 1. The minimum Gasteiger partial charge on any atom is -0.489 e. The first-order chi connectivity index (χ1) is 48.9. The molecule has 0 fully saturated rings. The summed E-state index contributed by atoms with van der Waals surface area (Å²) in [6.45, 7) is 38.7. The Bertz CT molecular complexity index is 4500. The molecule has 0 saturated carbocycles. The van der Waals surface area contributed by atoms with E-state index >= 15 is 0 Å². The summed E-state index contributed by atoms with van der Waals surface area (Å²) in [4.78, 5) is 24.6. The number of nitrogen functional groups attached to an aromatic ring is 2.